The van der Waals surface area contributed by atoms with Crippen LogP contribution in [-0.2, 0) is 20.2 Å². The number of hydrogen-bond donors (Lipinski definition) is 2. The molecule has 3 aromatic rings. The Kier molecular flexibility index (Phi) is 4.72. The molecule has 25 heavy (non-hydrogen) atoms. The highest BCUT2D eigenvalue weighted by atomic mass is 16.3. The van der Waals surface area contributed by atoms with E-state index in [1.165, 1.54) is 0 Å². The number of carbonyl (C=O) groups excluding carboxylic acids is 1. The van der Waals surface area contributed by atoms with E-state index in [0.29, 0.717) is 12.1 Å². The summed E-state index contributed by atoms with van der Waals surface area (Å²) < 4.78 is 3.72. The number of amides is 1. The van der Waals surface area contributed by atoms with E-state index in [1.807, 2.05) is 61.9 Å². The molecule has 0 saturated carbocycles. The minimum absolute atomic E-state index is 0.0497. The summed E-state index contributed by atoms with van der Waals surface area (Å²) in [4.78, 5) is 12.7. The van der Waals surface area contributed by atoms with Crippen molar-refractivity contribution in [3.05, 3.63) is 70.7 Å². The maximum Gasteiger partial charge on any atom is 0.256 e. The third kappa shape index (κ3) is 3.21. The smallest absolute Gasteiger partial charge is 0.256 e. The third-order valence-corrected chi connectivity index (χ3v) is 4.36. The van der Waals surface area contributed by atoms with Gasteiger partial charge in [-0.1, -0.05) is 24.3 Å². The highest BCUT2D eigenvalue weighted by molar-refractivity contribution is 5.97. The average molecular weight is 338 g/mol. The van der Waals surface area contributed by atoms with Crippen LogP contribution < -0.4 is 5.32 Å². The lowest BCUT2D eigenvalue weighted by atomic mass is 10.1. The Hall–Kier alpha value is -2.86. The van der Waals surface area contributed by atoms with Crippen molar-refractivity contribution >= 4 is 5.91 Å². The van der Waals surface area contributed by atoms with Crippen molar-refractivity contribution in [2.45, 2.75) is 27.0 Å². The van der Waals surface area contributed by atoms with Crippen molar-refractivity contribution < 1.29 is 9.90 Å². The molecule has 1 aromatic carbocycles. The van der Waals surface area contributed by atoms with Crippen LogP contribution in [-0.4, -0.2) is 25.4 Å². The SMILES string of the molecule is Cc1ccc(C)n1-c1c(C(=O)NCc2ccccc2CO)cnn1C. The molecule has 0 spiro atoms. The summed E-state index contributed by atoms with van der Waals surface area (Å²) in [6, 6.07) is 11.5. The number of benzene rings is 1. The summed E-state index contributed by atoms with van der Waals surface area (Å²) >= 11 is 0. The number of aliphatic hydroxyl groups excluding tert-OH is 1. The molecule has 6 nitrogen and oxygen atoms in total. The minimum Gasteiger partial charge on any atom is -0.392 e. The van der Waals surface area contributed by atoms with Crippen LogP contribution in [0.15, 0.2) is 42.6 Å². The van der Waals surface area contributed by atoms with Gasteiger partial charge in [0.05, 0.1) is 12.8 Å². The van der Waals surface area contributed by atoms with Crippen LogP contribution in [0.2, 0.25) is 0 Å². The topological polar surface area (TPSA) is 72.1 Å². The molecule has 0 unspecified atom stereocenters. The number of aromatic nitrogens is 3. The number of nitrogens with zero attached hydrogens (tertiary/aromatic N) is 3. The van der Waals surface area contributed by atoms with Gasteiger partial charge in [-0.25, -0.2) is 0 Å². The van der Waals surface area contributed by atoms with Crippen molar-refractivity contribution in [2.75, 3.05) is 0 Å². The molecule has 3 rings (SSSR count). The Morgan fingerprint density at radius 3 is 2.40 bits per heavy atom. The lowest BCUT2D eigenvalue weighted by Crippen LogP contribution is -2.25. The summed E-state index contributed by atoms with van der Waals surface area (Å²) in [7, 11) is 1.83. The average Bonchev–Trinajstić information content (AvgIpc) is 3.14. The highest BCUT2D eigenvalue weighted by Gasteiger charge is 2.19. The molecular weight excluding hydrogens is 316 g/mol. The van der Waals surface area contributed by atoms with Crippen molar-refractivity contribution in [3.63, 3.8) is 0 Å². The Labute approximate surface area is 146 Å². The van der Waals surface area contributed by atoms with Gasteiger partial charge < -0.3 is 15.0 Å². The fourth-order valence-corrected chi connectivity index (χ4v) is 3.01. The predicted octanol–water partition coefficient (Wildman–Crippen LogP) is 2.25. The molecule has 2 N–H and O–H groups in total. The summed E-state index contributed by atoms with van der Waals surface area (Å²) in [5, 5.41) is 16.6. The molecule has 6 heteroatoms. The van der Waals surface area contributed by atoms with E-state index in [1.54, 1.807) is 10.9 Å². The molecule has 0 aliphatic rings. The zero-order valence-corrected chi connectivity index (χ0v) is 14.7. The molecule has 0 atom stereocenters. The largest absolute Gasteiger partial charge is 0.392 e. The third-order valence-electron chi connectivity index (χ3n) is 4.36. The molecule has 0 radical (unpaired) electrons. The quantitative estimate of drug-likeness (QED) is 0.749. The van der Waals surface area contributed by atoms with E-state index in [9.17, 15) is 9.90 Å². The van der Waals surface area contributed by atoms with Gasteiger partial charge in [0.25, 0.3) is 5.91 Å². The lowest BCUT2D eigenvalue weighted by molar-refractivity contribution is 0.0950. The fourth-order valence-electron chi connectivity index (χ4n) is 3.01. The van der Waals surface area contributed by atoms with Crippen LogP contribution in [0, 0.1) is 13.8 Å². The first-order valence-electron chi connectivity index (χ1n) is 8.16. The number of rotatable bonds is 5. The van der Waals surface area contributed by atoms with Gasteiger partial charge in [0, 0.05) is 25.0 Å². The van der Waals surface area contributed by atoms with Gasteiger partial charge in [0.2, 0.25) is 0 Å². The Morgan fingerprint density at radius 2 is 1.76 bits per heavy atom. The second-order valence-corrected chi connectivity index (χ2v) is 6.07. The van der Waals surface area contributed by atoms with Crippen molar-refractivity contribution in [1.29, 1.82) is 0 Å². The molecule has 0 bridgehead atoms. The van der Waals surface area contributed by atoms with Crippen molar-refractivity contribution in [3.8, 4) is 5.82 Å². The second-order valence-electron chi connectivity index (χ2n) is 6.07. The first-order valence-corrected chi connectivity index (χ1v) is 8.16. The van der Waals surface area contributed by atoms with Crippen LogP contribution in [0.25, 0.3) is 5.82 Å². The van der Waals surface area contributed by atoms with Gasteiger partial charge >= 0.3 is 0 Å². The molecular formula is C19H22N4O2. The highest BCUT2D eigenvalue weighted by Crippen LogP contribution is 2.20. The monoisotopic (exact) mass is 338 g/mol. The van der Waals surface area contributed by atoms with Gasteiger partial charge in [-0.3, -0.25) is 9.48 Å². The number of aryl methyl sites for hydroxylation is 3. The molecule has 0 aliphatic carbocycles. The summed E-state index contributed by atoms with van der Waals surface area (Å²) in [5.74, 6) is 0.552. The predicted molar refractivity (Wildman–Crippen MR) is 95.5 cm³/mol. The minimum atomic E-state index is -0.191. The summed E-state index contributed by atoms with van der Waals surface area (Å²) in [5.41, 5.74) is 4.32. The first kappa shape index (κ1) is 17.0. The van der Waals surface area contributed by atoms with Crippen molar-refractivity contribution in [2.24, 2.45) is 7.05 Å². The first-order chi connectivity index (χ1) is 12.0. The zero-order chi connectivity index (χ0) is 18.0. The summed E-state index contributed by atoms with van der Waals surface area (Å²) in [6.07, 6.45) is 1.58. The van der Waals surface area contributed by atoms with Gasteiger partial charge in [-0.2, -0.15) is 5.10 Å². The Morgan fingerprint density at radius 1 is 1.12 bits per heavy atom. The molecule has 0 aliphatic heterocycles. The molecule has 0 saturated heterocycles. The number of carbonyl (C=O) groups is 1. The van der Waals surface area contributed by atoms with Crippen LogP contribution in [0.3, 0.4) is 0 Å². The fraction of sp³-hybridized carbons (Fsp3) is 0.263. The molecule has 130 valence electrons. The van der Waals surface area contributed by atoms with Crippen LogP contribution in [0.4, 0.5) is 0 Å². The molecule has 2 heterocycles. The van der Waals surface area contributed by atoms with Gasteiger partial charge in [0.1, 0.15) is 11.4 Å². The van der Waals surface area contributed by atoms with Crippen LogP contribution >= 0.6 is 0 Å². The van der Waals surface area contributed by atoms with E-state index in [0.717, 1.165) is 28.3 Å². The van der Waals surface area contributed by atoms with Gasteiger partial charge in [-0.15, -0.1) is 0 Å². The summed E-state index contributed by atoms with van der Waals surface area (Å²) in [6.45, 7) is 4.30. The second kappa shape index (κ2) is 6.94. The maximum atomic E-state index is 12.7. The van der Waals surface area contributed by atoms with E-state index in [2.05, 4.69) is 10.4 Å². The molecule has 1 amide bonds. The van der Waals surface area contributed by atoms with Crippen molar-refractivity contribution in [1.82, 2.24) is 19.7 Å². The van der Waals surface area contributed by atoms with Crippen LogP contribution in [0.1, 0.15) is 32.9 Å². The Balaban J connectivity index is 1.87. The maximum absolute atomic E-state index is 12.7. The normalized spacial score (nSPS) is 10.9. The Bertz CT molecular complexity index is 889. The number of nitrogens with one attached hydrogen (secondary N) is 1. The lowest BCUT2D eigenvalue weighted by Gasteiger charge is -2.13. The van der Waals surface area contributed by atoms with Gasteiger partial charge in [-0.05, 0) is 37.1 Å². The molecule has 0 fully saturated rings. The van der Waals surface area contributed by atoms with Gasteiger partial charge in [0.15, 0.2) is 0 Å². The van der Waals surface area contributed by atoms with E-state index in [-0.39, 0.29) is 12.5 Å². The van der Waals surface area contributed by atoms with E-state index >= 15 is 0 Å². The zero-order valence-electron chi connectivity index (χ0n) is 14.7. The number of aliphatic hydroxyl groups is 1. The number of hydrogen-bond acceptors (Lipinski definition) is 3. The van der Waals surface area contributed by atoms with Crippen LogP contribution in [0.5, 0.6) is 0 Å². The molecule has 2 aromatic heterocycles. The van der Waals surface area contributed by atoms with E-state index in [4.69, 9.17) is 0 Å². The standard InChI is InChI=1S/C19H22N4O2/c1-13-8-9-14(2)23(13)19-17(11-21-22(19)3)18(25)20-10-15-6-4-5-7-16(15)12-24/h4-9,11,24H,10,12H2,1-3H3,(H,20,25). The van der Waals surface area contributed by atoms with E-state index < -0.39 is 0 Å².